The van der Waals surface area contributed by atoms with E-state index < -0.39 is 0 Å². The molecule has 0 bridgehead atoms. The Hall–Kier alpha value is -2.87. The monoisotopic (exact) mass is 449 g/mol. The van der Waals surface area contributed by atoms with Crippen molar-refractivity contribution in [3.05, 3.63) is 54.3 Å². The van der Waals surface area contributed by atoms with Gasteiger partial charge in [0.2, 0.25) is 0 Å². The van der Waals surface area contributed by atoms with Crippen LogP contribution in [0.25, 0.3) is 22.7 Å². The Morgan fingerprint density at radius 2 is 1.76 bits per heavy atom. The van der Waals surface area contributed by atoms with Gasteiger partial charge in [-0.2, -0.15) is 0 Å². The van der Waals surface area contributed by atoms with Gasteiger partial charge in [0.15, 0.2) is 5.76 Å². The van der Waals surface area contributed by atoms with Crippen LogP contribution in [0.5, 0.6) is 5.75 Å². The van der Waals surface area contributed by atoms with Crippen LogP contribution in [0, 0.1) is 0 Å². The number of ether oxygens (including phenoxy) is 1. The zero-order chi connectivity index (χ0) is 23.4. The molecule has 3 aromatic rings. The Balaban J connectivity index is 1.58. The number of pyridine rings is 1. The van der Waals surface area contributed by atoms with Crippen molar-refractivity contribution in [2.24, 2.45) is 5.73 Å². The number of anilines is 1. The molecule has 0 aliphatic heterocycles. The van der Waals surface area contributed by atoms with Crippen molar-refractivity contribution in [2.75, 3.05) is 46.7 Å². The summed E-state index contributed by atoms with van der Waals surface area (Å²) in [7, 11) is 7.96. The third-order valence-corrected chi connectivity index (χ3v) is 6.03. The van der Waals surface area contributed by atoms with Crippen molar-refractivity contribution in [3.63, 3.8) is 0 Å². The zero-order valence-corrected chi connectivity index (χ0v) is 20.0. The predicted molar refractivity (Wildman–Crippen MR) is 133 cm³/mol. The summed E-state index contributed by atoms with van der Waals surface area (Å²) in [5.41, 5.74) is 9.75. The summed E-state index contributed by atoms with van der Waals surface area (Å²) in [6.07, 6.45) is 1.97. The predicted octanol–water partition coefficient (Wildman–Crippen LogP) is 3.91. The number of nitrogens with one attached hydrogen (secondary N) is 1. The molecule has 1 aliphatic rings. The van der Waals surface area contributed by atoms with Crippen molar-refractivity contribution < 1.29 is 9.15 Å². The number of benzene rings is 1. The van der Waals surface area contributed by atoms with Gasteiger partial charge in [0.1, 0.15) is 17.2 Å². The van der Waals surface area contributed by atoms with E-state index in [1.54, 1.807) is 7.11 Å². The summed E-state index contributed by atoms with van der Waals surface area (Å²) in [5, 5.41) is 3.62. The molecule has 0 atom stereocenters. The molecular formula is C26H35N5O2. The molecule has 7 nitrogen and oxygen atoms in total. The fourth-order valence-electron chi connectivity index (χ4n) is 3.98. The SMILES string of the molecule is COc1ccc(-c2cc(NC3CC(N)C3)cc(-c3ccc(CN(C)CCN(C)C)o3)n2)cc1. The Kier molecular flexibility index (Phi) is 7.33. The number of rotatable bonds is 10. The topological polar surface area (TPSA) is 79.8 Å². The molecule has 1 aliphatic carbocycles. The standard InChI is InChI=1S/C26H35N5O2/c1-30(2)11-12-31(3)17-23-9-10-26(33-23)25-16-21(28-20-13-19(27)14-20)15-24(29-25)18-5-7-22(32-4)8-6-18/h5-10,15-16,19-20H,11-14,17,27H2,1-4H3,(H,28,29). The molecule has 0 unspecified atom stereocenters. The van der Waals surface area contributed by atoms with E-state index >= 15 is 0 Å². The van der Waals surface area contributed by atoms with Gasteiger partial charge in [-0.25, -0.2) is 4.98 Å². The maximum Gasteiger partial charge on any atom is 0.152 e. The molecule has 7 heteroatoms. The van der Waals surface area contributed by atoms with Crippen LogP contribution in [0.1, 0.15) is 18.6 Å². The van der Waals surface area contributed by atoms with Crippen molar-refractivity contribution >= 4 is 5.69 Å². The van der Waals surface area contributed by atoms with Gasteiger partial charge in [-0.3, -0.25) is 4.90 Å². The van der Waals surface area contributed by atoms with Crippen LogP contribution in [-0.2, 0) is 6.54 Å². The minimum absolute atomic E-state index is 0.294. The molecular weight excluding hydrogens is 414 g/mol. The summed E-state index contributed by atoms with van der Waals surface area (Å²) in [6, 6.07) is 16.9. The van der Waals surface area contributed by atoms with E-state index in [0.29, 0.717) is 12.1 Å². The van der Waals surface area contributed by atoms with Crippen LogP contribution in [-0.4, -0.2) is 68.2 Å². The highest BCUT2D eigenvalue weighted by atomic mass is 16.5. The summed E-state index contributed by atoms with van der Waals surface area (Å²) in [5.74, 6) is 2.53. The molecule has 1 fully saturated rings. The van der Waals surface area contributed by atoms with E-state index in [1.807, 2.05) is 36.4 Å². The van der Waals surface area contributed by atoms with Gasteiger partial charge in [0, 0.05) is 36.4 Å². The van der Waals surface area contributed by atoms with Crippen LogP contribution < -0.4 is 15.8 Å². The molecule has 0 spiro atoms. The summed E-state index contributed by atoms with van der Waals surface area (Å²) in [6.45, 7) is 2.75. The Morgan fingerprint density at radius 1 is 1.03 bits per heavy atom. The quantitative estimate of drug-likeness (QED) is 0.486. The van der Waals surface area contributed by atoms with E-state index in [0.717, 1.165) is 72.4 Å². The van der Waals surface area contributed by atoms with E-state index in [9.17, 15) is 0 Å². The van der Waals surface area contributed by atoms with Crippen LogP contribution >= 0.6 is 0 Å². The first-order chi connectivity index (χ1) is 15.9. The molecule has 33 heavy (non-hydrogen) atoms. The van der Waals surface area contributed by atoms with Crippen molar-refractivity contribution in [3.8, 4) is 28.5 Å². The number of nitrogens with two attached hydrogens (primary N) is 1. The lowest BCUT2D eigenvalue weighted by Gasteiger charge is -2.34. The lowest BCUT2D eigenvalue weighted by Crippen LogP contribution is -2.44. The number of aromatic nitrogens is 1. The highest BCUT2D eigenvalue weighted by Gasteiger charge is 2.26. The largest absolute Gasteiger partial charge is 0.497 e. The first-order valence-corrected chi connectivity index (χ1v) is 11.5. The van der Waals surface area contributed by atoms with E-state index in [2.05, 4.69) is 48.4 Å². The lowest BCUT2D eigenvalue weighted by molar-refractivity contribution is 0.259. The van der Waals surface area contributed by atoms with Gasteiger partial charge in [-0.1, -0.05) is 0 Å². The smallest absolute Gasteiger partial charge is 0.152 e. The molecule has 2 aromatic heterocycles. The first kappa shape index (κ1) is 23.3. The highest BCUT2D eigenvalue weighted by molar-refractivity contribution is 5.71. The van der Waals surface area contributed by atoms with Crippen LogP contribution in [0.4, 0.5) is 5.69 Å². The van der Waals surface area contributed by atoms with Crippen LogP contribution in [0.3, 0.4) is 0 Å². The molecule has 2 heterocycles. The van der Waals surface area contributed by atoms with E-state index in [-0.39, 0.29) is 0 Å². The molecule has 0 radical (unpaired) electrons. The molecule has 1 saturated carbocycles. The Labute approximate surface area is 196 Å². The molecule has 4 rings (SSSR count). The number of nitrogens with zero attached hydrogens (tertiary/aromatic N) is 3. The van der Waals surface area contributed by atoms with Gasteiger partial charge in [0.05, 0.1) is 19.3 Å². The fraction of sp³-hybridized carbons (Fsp3) is 0.423. The average molecular weight is 450 g/mol. The Bertz CT molecular complexity index is 1040. The zero-order valence-electron chi connectivity index (χ0n) is 20.0. The highest BCUT2D eigenvalue weighted by Crippen LogP contribution is 2.31. The van der Waals surface area contributed by atoms with E-state index in [4.69, 9.17) is 19.9 Å². The van der Waals surface area contributed by atoms with Crippen molar-refractivity contribution in [1.82, 2.24) is 14.8 Å². The molecule has 0 amide bonds. The number of methoxy groups -OCH3 is 1. The Morgan fingerprint density at radius 3 is 2.42 bits per heavy atom. The number of likely N-dealkylation sites (N-methyl/N-ethyl adjacent to an activating group) is 2. The maximum absolute atomic E-state index is 6.21. The van der Waals surface area contributed by atoms with Gasteiger partial charge >= 0.3 is 0 Å². The fourth-order valence-corrected chi connectivity index (χ4v) is 3.98. The first-order valence-electron chi connectivity index (χ1n) is 11.5. The van der Waals surface area contributed by atoms with Gasteiger partial charge < -0.3 is 25.1 Å². The second-order valence-electron chi connectivity index (χ2n) is 9.23. The number of furan rings is 1. The lowest BCUT2D eigenvalue weighted by atomic mass is 9.87. The molecule has 1 aromatic carbocycles. The molecule has 3 N–H and O–H groups in total. The second-order valence-corrected chi connectivity index (χ2v) is 9.23. The minimum atomic E-state index is 0.294. The summed E-state index contributed by atoms with van der Waals surface area (Å²) in [4.78, 5) is 9.37. The van der Waals surface area contributed by atoms with Crippen LogP contribution in [0.15, 0.2) is 52.9 Å². The van der Waals surface area contributed by atoms with Crippen molar-refractivity contribution in [1.29, 1.82) is 0 Å². The molecule has 176 valence electrons. The maximum atomic E-state index is 6.21. The van der Waals surface area contributed by atoms with Crippen molar-refractivity contribution in [2.45, 2.75) is 31.5 Å². The van der Waals surface area contributed by atoms with E-state index in [1.165, 1.54) is 0 Å². The third kappa shape index (κ3) is 6.13. The number of hydrogen-bond acceptors (Lipinski definition) is 7. The third-order valence-electron chi connectivity index (χ3n) is 6.03. The van der Waals surface area contributed by atoms with Gasteiger partial charge in [-0.05, 0) is 82.5 Å². The van der Waals surface area contributed by atoms with Crippen LogP contribution in [0.2, 0.25) is 0 Å². The van der Waals surface area contributed by atoms with Gasteiger partial charge in [0.25, 0.3) is 0 Å². The summed E-state index contributed by atoms with van der Waals surface area (Å²) >= 11 is 0. The molecule has 0 saturated heterocycles. The number of hydrogen-bond donors (Lipinski definition) is 2. The minimum Gasteiger partial charge on any atom is -0.497 e. The normalized spacial score (nSPS) is 17.9. The summed E-state index contributed by atoms with van der Waals surface area (Å²) < 4.78 is 11.5. The second kappa shape index (κ2) is 10.4. The average Bonchev–Trinajstić information content (AvgIpc) is 3.25. The van der Waals surface area contributed by atoms with Gasteiger partial charge in [-0.15, -0.1) is 0 Å².